The van der Waals surface area contributed by atoms with E-state index in [1.807, 2.05) is 47.4 Å². The number of nitrogens with two attached hydrogens (primary N) is 1. The molecule has 0 saturated carbocycles. The third-order valence-corrected chi connectivity index (χ3v) is 7.76. The van der Waals surface area contributed by atoms with Gasteiger partial charge in [-0.05, 0) is 56.3 Å². The predicted octanol–water partition coefficient (Wildman–Crippen LogP) is 2.90. The molecule has 0 bridgehead atoms. The predicted molar refractivity (Wildman–Crippen MR) is 147 cm³/mol. The van der Waals surface area contributed by atoms with Gasteiger partial charge in [0.15, 0.2) is 5.69 Å². The Balaban J connectivity index is 1.17. The van der Waals surface area contributed by atoms with Crippen molar-refractivity contribution in [2.75, 3.05) is 58.1 Å². The number of carbonyl (C=O) groups is 1. The average molecular weight is 500 g/mol. The first-order valence-corrected chi connectivity index (χ1v) is 13.2. The Morgan fingerprint density at radius 3 is 2.38 bits per heavy atom. The number of likely N-dealkylation sites (tertiary alicyclic amines) is 1. The van der Waals surface area contributed by atoms with Crippen LogP contribution in [-0.2, 0) is 0 Å². The molecule has 1 amide bonds. The van der Waals surface area contributed by atoms with Gasteiger partial charge in [-0.1, -0.05) is 18.6 Å². The van der Waals surface area contributed by atoms with E-state index in [4.69, 9.17) is 5.73 Å². The minimum atomic E-state index is -0.314. The zero-order chi connectivity index (χ0) is 25.4. The smallest absolute Gasteiger partial charge is 0.276 e. The van der Waals surface area contributed by atoms with Gasteiger partial charge in [-0.25, -0.2) is 4.98 Å². The summed E-state index contributed by atoms with van der Waals surface area (Å²) in [5, 5.41) is 0.718. The number of rotatable bonds is 5. The maximum absolute atomic E-state index is 13.3. The van der Waals surface area contributed by atoms with E-state index in [2.05, 4.69) is 24.8 Å². The van der Waals surface area contributed by atoms with Crippen molar-refractivity contribution < 1.29 is 4.79 Å². The zero-order valence-corrected chi connectivity index (χ0v) is 21.0. The SMILES string of the molecule is Nc1c(-c2nc3ccccc3[nH]c2=O)[nH]c2ccc(C(=O)N3CCN(CCN4CCCCC4)CC3)cc12. The zero-order valence-electron chi connectivity index (χ0n) is 21.0. The number of benzene rings is 2. The number of piperazine rings is 1. The maximum atomic E-state index is 13.3. The lowest BCUT2D eigenvalue weighted by molar-refractivity contribution is 0.0619. The van der Waals surface area contributed by atoms with Gasteiger partial charge in [-0.15, -0.1) is 0 Å². The van der Waals surface area contributed by atoms with Crippen LogP contribution in [0.5, 0.6) is 0 Å². The van der Waals surface area contributed by atoms with Gasteiger partial charge in [0.2, 0.25) is 0 Å². The van der Waals surface area contributed by atoms with Crippen molar-refractivity contribution in [3.05, 3.63) is 58.4 Å². The van der Waals surface area contributed by atoms with Crippen LogP contribution in [0, 0.1) is 0 Å². The first-order chi connectivity index (χ1) is 18.1. The monoisotopic (exact) mass is 499 g/mol. The standard InChI is InChI=1S/C28H33N7O2/c29-24-20-18-19(28(37)35-16-14-34(15-17-35)13-12-33-10-4-1-5-11-33)8-9-21(20)30-25(24)26-27(36)32-23-7-3-2-6-22(23)31-26/h2-3,6-9,18,30H,1,4-5,10-17,29H2,(H,32,36). The van der Waals surface area contributed by atoms with Crippen molar-refractivity contribution in [3.63, 3.8) is 0 Å². The Bertz CT molecular complexity index is 1490. The molecule has 2 aliphatic rings. The number of aromatic nitrogens is 3. The summed E-state index contributed by atoms with van der Waals surface area (Å²) < 4.78 is 0. The van der Waals surface area contributed by atoms with E-state index < -0.39 is 0 Å². The number of nitrogens with zero attached hydrogens (tertiary/aromatic N) is 4. The summed E-state index contributed by atoms with van der Waals surface area (Å²) in [5.41, 5.74) is 10.0. The van der Waals surface area contributed by atoms with E-state index in [-0.39, 0.29) is 17.2 Å². The number of nitrogens with one attached hydrogen (secondary N) is 2. The highest BCUT2D eigenvalue weighted by Gasteiger charge is 2.24. The second kappa shape index (κ2) is 9.99. The Morgan fingerprint density at radius 2 is 1.59 bits per heavy atom. The minimum absolute atomic E-state index is 0.0152. The van der Waals surface area contributed by atoms with Crippen molar-refractivity contribution in [1.29, 1.82) is 0 Å². The number of aromatic amines is 2. The lowest BCUT2D eigenvalue weighted by Crippen LogP contribution is -2.50. The van der Waals surface area contributed by atoms with Crippen molar-refractivity contribution >= 4 is 33.5 Å². The van der Waals surface area contributed by atoms with E-state index in [0.29, 0.717) is 28.0 Å². The third kappa shape index (κ3) is 4.72. The molecule has 0 unspecified atom stereocenters. The molecule has 2 aromatic heterocycles. The number of hydrogen-bond acceptors (Lipinski definition) is 6. The van der Waals surface area contributed by atoms with Crippen LogP contribution in [0.4, 0.5) is 5.69 Å². The van der Waals surface area contributed by atoms with Gasteiger partial charge in [0.05, 0.1) is 22.4 Å². The summed E-state index contributed by atoms with van der Waals surface area (Å²) in [7, 11) is 0. The molecule has 192 valence electrons. The largest absolute Gasteiger partial charge is 0.396 e. The van der Waals surface area contributed by atoms with Gasteiger partial charge in [0.25, 0.3) is 11.5 Å². The normalized spacial score (nSPS) is 17.6. The Hall–Kier alpha value is -3.69. The lowest BCUT2D eigenvalue weighted by Gasteiger charge is -2.36. The number of piperidine rings is 1. The Morgan fingerprint density at radius 1 is 0.865 bits per heavy atom. The lowest BCUT2D eigenvalue weighted by atomic mass is 10.1. The summed E-state index contributed by atoms with van der Waals surface area (Å²) in [5.74, 6) is 0.0152. The number of para-hydroxylation sites is 2. The summed E-state index contributed by atoms with van der Waals surface area (Å²) >= 11 is 0. The van der Waals surface area contributed by atoms with E-state index in [1.54, 1.807) is 0 Å². The van der Waals surface area contributed by atoms with E-state index in [9.17, 15) is 9.59 Å². The summed E-state index contributed by atoms with van der Waals surface area (Å²) in [6.45, 7) is 7.87. The first kappa shape index (κ1) is 23.7. The summed E-state index contributed by atoms with van der Waals surface area (Å²) in [6.07, 6.45) is 3.99. The molecule has 37 heavy (non-hydrogen) atoms. The van der Waals surface area contributed by atoms with Crippen LogP contribution in [0.3, 0.4) is 0 Å². The highest BCUT2D eigenvalue weighted by molar-refractivity contribution is 6.04. The highest BCUT2D eigenvalue weighted by Crippen LogP contribution is 2.31. The second-order valence-electron chi connectivity index (χ2n) is 10.1. The van der Waals surface area contributed by atoms with Crippen LogP contribution in [0.25, 0.3) is 33.3 Å². The fraction of sp³-hybridized carbons (Fsp3) is 0.393. The second-order valence-corrected chi connectivity index (χ2v) is 10.1. The third-order valence-electron chi connectivity index (χ3n) is 7.76. The highest BCUT2D eigenvalue weighted by atomic mass is 16.2. The van der Waals surface area contributed by atoms with Gasteiger partial charge in [0, 0.05) is 55.7 Å². The molecule has 2 fully saturated rings. The van der Waals surface area contributed by atoms with Crippen molar-refractivity contribution in [2.45, 2.75) is 19.3 Å². The van der Waals surface area contributed by atoms with E-state index >= 15 is 0 Å². The molecule has 4 heterocycles. The minimum Gasteiger partial charge on any atom is -0.396 e. The van der Waals surface area contributed by atoms with E-state index in [0.717, 1.165) is 50.2 Å². The van der Waals surface area contributed by atoms with Gasteiger partial charge >= 0.3 is 0 Å². The van der Waals surface area contributed by atoms with Crippen LogP contribution in [0.1, 0.15) is 29.6 Å². The molecule has 4 N–H and O–H groups in total. The molecule has 9 heteroatoms. The number of H-pyrrole nitrogens is 2. The van der Waals surface area contributed by atoms with E-state index in [1.165, 1.54) is 32.4 Å². The molecule has 0 radical (unpaired) electrons. The number of anilines is 1. The fourth-order valence-corrected chi connectivity index (χ4v) is 5.55. The number of fused-ring (bicyclic) bond motifs is 2. The number of nitrogen functional groups attached to an aromatic ring is 1. The summed E-state index contributed by atoms with van der Waals surface area (Å²) in [4.78, 5) is 43.7. The van der Waals surface area contributed by atoms with Gasteiger partial charge in [-0.2, -0.15) is 0 Å². The molecular weight excluding hydrogens is 466 g/mol. The van der Waals surface area contributed by atoms with Crippen LogP contribution in [-0.4, -0.2) is 87.9 Å². The molecule has 0 atom stereocenters. The molecule has 2 aliphatic heterocycles. The van der Waals surface area contributed by atoms with Gasteiger partial charge < -0.3 is 25.5 Å². The molecule has 6 rings (SSSR count). The fourth-order valence-electron chi connectivity index (χ4n) is 5.55. The van der Waals surface area contributed by atoms with Crippen LogP contribution in [0.15, 0.2) is 47.3 Å². The summed E-state index contributed by atoms with van der Waals surface area (Å²) in [6, 6.07) is 12.9. The first-order valence-electron chi connectivity index (χ1n) is 13.2. The Kier molecular flexibility index (Phi) is 6.40. The quantitative estimate of drug-likeness (QED) is 0.389. The van der Waals surface area contributed by atoms with Gasteiger partial charge in [0.1, 0.15) is 0 Å². The molecule has 2 saturated heterocycles. The number of hydrogen-bond donors (Lipinski definition) is 3. The Labute approximate surface area is 215 Å². The molecular formula is C28H33N7O2. The van der Waals surface area contributed by atoms with Crippen molar-refractivity contribution in [3.8, 4) is 11.4 Å². The number of amides is 1. The van der Waals surface area contributed by atoms with Crippen LogP contribution < -0.4 is 11.3 Å². The maximum Gasteiger partial charge on any atom is 0.276 e. The molecule has 9 nitrogen and oxygen atoms in total. The van der Waals surface area contributed by atoms with Crippen molar-refractivity contribution in [1.82, 2.24) is 29.7 Å². The van der Waals surface area contributed by atoms with Crippen LogP contribution >= 0.6 is 0 Å². The van der Waals surface area contributed by atoms with Gasteiger partial charge in [-0.3, -0.25) is 14.5 Å². The average Bonchev–Trinajstić information content (AvgIpc) is 3.27. The molecule has 4 aromatic rings. The van der Waals surface area contributed by atoms with Crippen LogP contribution in [0.2, 0.25) is 0 Å². The number of carbonyl (C=O) groups excluding carboxylic acids is 1. The topological polar surface area (TPSA) is 114 Å². The molecule has 0 aliphatic carbocycles. The molecule has 2 aromatic carbocycles. The van der Waals surface area contributed by atoms with Crippen molar-refractivity contribution in [2.24, 2.45) is 0 Å². The molecule has 0 spiro atoms.